The first-order chi connectivity index (χ1) is 17.6. The van der Waals surface area contributed by atoms with Crippen LogP contribution in [0, 0.1) is 23.7 Å². The Morgan fingerprint density at radius 3 is 2.92 bits per heavy atom. The van der Waals surface area contributed by atoms with E-state index in [1.54, 1.807) is 17.5 Å². The summed E-state index contributed by atoms with van der Waals surface area (Å²) in [6.07, 6.45) is 14.8. The minimum Gasteiger partial charge on any atom is -0.445 e. The number of rotatable bonds is 4. The Bertz CT molecular complexity index is 1390. The standard InChI is InChI=1S/C27H28N6O2S/c1-3-20(19-8-6-14-33(19)2)34-26-30-13-10-18(31-26)23-16-7-4-11-27(24(16)32-35-23)12-5-9-21-22(27)17(15-28)25(29)36-21/h1,10,13,19-20H,4-9,11-12,14,29H2,2H3/t19-,20-,27-/m0/s1. The monoisotopic (exact) mass is 500 g/mol. The van der Waals surface area contributed by atoms with Crippen LogP contribution in [0.4, 0.5) is 5.00 Å². The van der Waals surface area contributed by atoms with Crippen molar-refractivity contribution in [2.75, 3.05) is 19.3 Å². The van der Waals surface area contributed by atoms with Crippen molar-refractivity contribution in [3.05, 3.63) is 39.5 Å². The number of nitrogen functional groups attached to an aromatic ring is 1. The first-order valence-corrected chi connectivity index (χ1v) is 13.3. The van der Waals surface area contributed by atoms with Crippen LogP contribution in [0.1, 0.15) is 65.8 Å². The number of hydrogen-bond acceptors (Lipinski definition) is 9. The van der Waals surface area contributed by atoms with E-state index in [4.69, 9.17) is 21.4 Å². The SMILES string of the molecule is C#C[C@H](Oc1nccc(-c2onc3c2CCC[C@@]32CCCc3sc(N)c(C#N)c32)n1)[C@@H]1CCCN1C. The number of nitrogens with two attached hydrogens (primary N) is 1. The lowest BCUT2D eigenvalue weighted by Crippen LogP contribution is -2.39. The Kier molecular flexibility index (Phi) is 5.70. The third-order valence-corrected chi connectivity index (χ3v) is 9.15. The molecule has 1 saturated heterocycles. The number of nitriles is 1. The summed E-state index contributed by atoms with van der Waals surface area (Å²) in [6.45, 7) is 1.00. The van der Waals surface area contributed by atoms with E-state index in [2.05, 4.69) is 39.1 Å². The zero-order valence-electron chi connectivity index (χ0n) is 20.3. The van der Waals surface area contributed by atoms with Gasteiger partial charge in [0.2, 0.25) is 0 Å². The second-order valence-corrected chi connectivity index (χ2v) is 11.1. The Morgan fingerprint density at radius 1 is 1.33 bits per heavy atom. The Balaban J connectivity index is 1.37. The van der Waals surface area contributed by atoms with Crippen LogP contribution in [-0.2, 0) is 18.3 Å². The van der Waals surface area contributed by atoms with Crippen LogP contribution in [0.5, 0.6) is 6.01 Å². The molecule has 3 aromatic heterocycles. The van der Waals surface area contributed by atoms with Crippen LogP contribution in [-0.4, -0.2) is 45.8 Å². The van der Waals surface area contributed by atoms with Crippen LogP contribution in [0.25, 0.3) is 11.5 Å². The van der Waals surface area contributed by atoms with Gasteiger partial charge in [0, 0.05) is 22.1 Å². The number of aromatic nitrogens is 3. The molecule has 0 radical (unpaired) electrons. The molecule has 0 saturated carbocycles. The molecule has 0 unspecified atom stereocenters. The van der Waals surface area contributed by atoms with Crippen molar-refractivity contribution in [3.63, 3.8) is 0 Å². The highest BCUT2D eigenvalue weighted by atomic mass is 32.1. The minimum absolute atomic E-state index is 0.146. The summed E-state index contributed by atoms with van der Waals surface area (Å²) < 4.78 is 12.1. The maximum atomic E-state index is 9.91. The van der Waals surface area contributed by atoms with Crippen LogP contribution in [0.15, 0.2) is 16.8 Å². The second-order valence-electron chi connectivity index (χ2n) is 10.00. The number of thiophene rings is 1. The Labute approximate surface area is 214 Å². The second kappa shape index (κ2) is 8.92. The van der Waals surface area contributed by atoms with Gasteiger partial charge in [-0.05, 0) is 76.6 Å². The maximum absolute atomic E-state index is 9.91. The van der Waals surface area contributed by atoms with Crippen molar-refractivity contribution >= 4 is 16.3 Å². The average molecular weight is 501 g/mol. The van der Waals surface area contributed by atoms with Crippen molar-refractivity contribution in [3.8, 4) is 35.9 Å². The number of likely N-dealkylation sites (tertiary alicyclic amines) is 1. The molecule has 36 heavy (non-hydrogen) atoms. The van der Waals surface area contributed by atoms with Crippen molar-refractivity contribution in [1.82, 2.24) is 20.0 Å². The number of hydrogen-bond donors (Lipinski definition) is 1. The molecular weight excluding hydrogens is 472 g/mol. The molecule has 3 aromatic rings. The highest BCUT2D eigenvalue weighted by Gasteiger charge is 2.48. The van der Waals surface area contributed by atoms with Gasteiger partial charge in [-0.25, -0.2) is 4.98 Å². The van der Waals surface area contributed by atoms with E-state index in [1.165, 1.54) is 4.88 Å². The molecule has 3 aliphatic rings. The van der Waals surface area contributed by atoms with E-state index in [1.807, 2.05) is 6.07 Å². The molecule has 0 bridgehead atoms. The highest BCUT2D eigenvalue weighted by molar-refractivity contribution is 7.16. The van der Waals surface area contributed by atoms with E-state index in [0.29, 0.717) is 22.0 Å². The molecule has 4 heterocycles. The minimum atomic E-state index is -0.422. The largest absolute Gasteiger partial charge is 0.445 e. The lowest BCUT2D eigenvalue weighted by molar-refractivity contribution is 0.139. The number of ether oxygens (including phenoxy) is 1. The van der Waals surface area contributed by atoms with Crippen molar-refractivity contribution < 1.29 is 9.26 Å². The predicted molar refractivity (Wildman–Crippen MR) is 137 cm³/mol. The van der Waals surface area contributed by atoms with Gasteiger partial charge in [0.15, 0.2) is 11.9 Å². The van der Waals surface area contributed by atoms with Crippen molar-refractivity contribution in [2.45, 2.75) is 68.9 Å². The summed E-state index contributed by atoms with van der Waals surface area (Å²) in [4.78, 5) is 12.4. The van der Waals surface area contributed by atoms with E-state index in [-0.39, 0.29) is 17.5 Å². The number of nitrogens with zero attached hydrogens (tertiary/aromatic N) is 5. The molecule has 0 aromatic carbocycles. The van der Waals surface area contributed by atoms with Gasteiger partial charge < -0.3 is 15.0 Å². The van der Waals surface area contributed by atoms with Gasteiger partial charge in [-0.3, -0.25) is 4.90 Å². The van der Waals surface area contributed by atoms with Gasteiger partial charge in [0.05, 0.1) is 17.3 Å². The van der Waals surface area contributed by atoms with Crippen molar-refractivity contribution in [1.29, 1.82) is 5.26 Å². The molecule has 184 valence electrons. The molecule has 1 spiro atoms. The average Bonchev–Trinajstić information content (AvgIpc) is 3.60. The third kappa shape index (κ3) is 3.49. The van der Waals surface area contributed by atoms with E-state index >= 15 is 0 Å². The molecule has 6 rings (SSSR count). The maximum Gasteiger partial charge on any atom is 0.318 e. The predicted octanol–water partition coefficient (Wildman–Crippen LogP) is 4.08. The summed E-state index contributed by atoms with van der Waals surface area (Å²) in [5, 5.41) is 15.1. The molecular formula is C27H28N6O2S. The summed E-state index contributed by atoms with van der Waals surface area (Å²) >= 11 is 1.55. The first-order valence-electron chi connectivity index (χ1n) is 12.5. The highest BCUT2D eigenvalue weighted by Crippen LogP contribution is 2.54. The van der Waals surface area contributed by atoms with Crippen LogP contribution in [0.2, 0.25) is 0 Å². The van der Waals surface area contributed by atoms with Gasteiger partial charge in [-0.1, -0.05) is 11.1 Å². The zero-order chi connectivity index (χ0) is 24.9. The van der Waals surface area contributed by atoms with Gasteiger partial charge in [0.25, 0.3) is 0 Å². The van der Waals surface area contributed by atoms with Crippen LogP contribution < -0.4 is 10.5 Å². The lowest BCUT2D eigenvalue weighted by Gasteiger charge is -2.39. The smallest absolute Gasteiger partial charge is 0.318 e. The fourth-order valence-electron chi connectivity index (χ4n) is 6.44. The Morgan fingerprint density at radius 2 is 2.17 bits per heavy atom. The summed E-state index contributed by atoms with van der Waals surface area (Å²) in [5.41, 5.74) is 10.2. The first kappa shape index (κ1) is 23.0. The lowest BCUT2D eigenvalue weighted by atomic mass is 9.62. The van der Waals surface area contributed by atoms with Gasteiger partial charge in [0.1, 0.15) is 16.8 Å². The molecule has 0 amide bonds. The van der Waals surface area contributed by atoms with Crippen LogP contribution in [0.3, 0.4) is 0 Å². The number of aryl methyl sites for hydroxylation is 1. The fraction of sp³-hybridized carbons (Fsp3) is 0.481. The van der Waals surface area contributed by atoms with Crippen molar-refractivity contribution in [2.24, 2.45) is 0 Å². The molecule has 9 heteroatoms. The summed E-state index contributed by atoms with van der Waals surface area (Å²) in [7, 11) is 2.06. The fourth-order valence-corrected chi connectivity index (χ4v) is 7.60. The quantitative estimate of drug-likeness (QED) is 0.533. The summed E-state index contributed by atoms with van der Waals surface area (Å²) in [6, 6.07) is 4.57. The van der Waals surface area contributed by atoms with E-state index < -0.39 is 6.10 Å². The zero-order valence-corrected chi connectivity index (χ0v) is 21.1. The van der Waals surface area contributed by atoms with E-state index in [0.717, 1.165) is 74.7 Å². The molecule has 8 nitrogen and oxygen atoms in total. The number of likely N-dealkylation sites (N-methyl/N-ethyl adjacent to an activating group) is 1. The topological polar surface area (TPSA) is 114 Å². The van der Waals surface area contributed by atoms with E-state index in [9.17, 15) is 5.26 Å². The molecule has 1 aliphatic heterocycles. The number of anilines is 1. The Hall–Kier alpha value is -3.40. The van der Waals surface area contributed by atoms with Gasteiger partial charge >= 0.3 is 6.01 Å². The number of terminal acetylenes is 1. The van der Waals surface area contributed by atoms with Crippen LogP contribution >= 0.6 is 11.3 Å². The normalized spacial score (nSPS) is 24.0. The van der Waals surface area contributed by atoms with Gasteiger partial charge in [-0.15, -0.1) is 17.8 Å². The third-order valence-electron chi connectivity index (χ3n) is 8.07. The van der Waals surface area contributed by atoms with Gasteiger partial charge in [-0.2, -0.15) is 10.2 Å². The molecule has 1 fully saturated rings. The molecule has 3 atom stereocenters. The molecule has 2 N–H and O–H groups in total. The molecule has 2 aliphatic carbocycles. The summed E-state index contributed by atoms with van der Waals surface area (Å²) in [5.74, 6) is 3.41. The number of fused-ring (bicyclic) bond motifs is 4.